The number of carbonyl (C=O) groups excluding carboxylic acids is 3. The summed E-state index contributed by atoms with van der Waals surface area (Å²) < 4.78 is 20.8. The lowest BCUT2D eigenvalue weighted by molar-refractivity contribution is -0.896. The number of carbonyl (C=O) groups is 3. The molecule has 0 saturated carbocycles. The van der Waals surface area contributed by atoms with E-state index in [2.05, 4.69) is 24.7 Å². The van der Waals surface area contributed by atoms with E-state index in [-0.39, 0.29) is 47.8 Å². The quantitative estimate of drug-likeness (QED) is 0.266. The first-order valence-corrected chi connectivity index (χ1v) is 12.9. The fourth-order valence-electron chi connectivity index (χ4n) is 4.58. The van der Waals surface area contributed by atoms with Crippen LogP contribution in [-0.4, -0.2) is 55.7 Å². The Kier molecular flexibility index (Phi) is 10.6. The van der Waals surface area contributed by atoms with Crippen LogP contribution in [0.2, 0.25) is 0 Å². The number of anilines is 2. The Morgan fingerprint density at radius 2 is 1.62 bits per heavy atom. The van der Waals surface area contributed by atoms with Crippen LogP contribution < -0.4 is 15.7 Å². The van der Waals surface area contributed by atoms with Crippen LogP contribution in [-0.2, 0) is 16.0 Å². The molecule has 4 rings (SSSR count). The van der Waals surface area contributed by atoms with E-state index in [4.69, 9.17) is 4.74 Å². The maximum Gasteiger partial charge on any atom is 0.411 e. The summed E-state index contributed by atoms with van der Waals surface area (Å²) in [6, 6.07) is 18.3. The number of aromatic carboxylic acids is 1. The summed E-state index contributed by atoms with van der Waals surface area (Å²) in [5.74, 6) is -2.77. The van der Waals surface area contributed by atoms with Crippen LogP contribution in [0.1, 0.15) is 35.2 Å². The third kappa shape index (κ3) is 8.49. The van der Waals surface area contributed by atoms with Gasteiger partial charge in [0, 0.05) is 30.4 Å². The van der Waals surface area contributed by atoms with Gasteiger partial charge in [0.1, 0.15) is 11.9 Å². The number of quaternary nitrogens is 1. The Morgan fingerprint density at radius 1 is 0.950 bits per heavy atom. The largest absolute Gasteiger partial charge is 0.545 e. The molecular weight excluding hydrogens is 628 g/mol. The summed E-state index contributed by atoms with van der Waals surface area (Å²) in [7, 11) is 4.34. The standard InChI is InChI=1S/C30H32FN3O5.HI/c1-34(2)16-14-23(15-17-34)39-30(38)33-26-11-8-20(18-24(26)21-6-4-3-5-7-21)9-13-28(35)32-27-12-10-22(29(36)37)19-25(27)31;/h3-8,10-12,18-19,23H,9,13-17H2,1-2H3,(H2-,32,33,35,36,37,38);1H. The van der Waals surface area contributed by atoms with Gasteiger partial charge in [0.15, 0.2) is 0 Å². The summed E-state index contributed by atoms with van der Waals surface area (Å²) in [6.45, 7) is 1.90. The second-order valence-corrected chi connectivity index (χ2v) is 10.4. The minimum Gasteiger partial charge on any atom is -0.545 e. The Bertz CT molecular complexity index is 1360. The summed E-state index contributed by atoms with van der Waals surface area (Å²) in [5.41, 5.74) is 2.72. The molecule has 0 radical (unpaired) electrons. The van der Waals surface area contributed by atoms with E-state index in [0.717, 1.165) is 53.2 Å². The molecule has 1 fully saturated rings. The highest BCUT2D eigenvalue weighted by atomic mass is 127. The number of hydrogen-bond donors (Lipinski definition) is 2. The maximum atomic E-state index is 14.2. The molecule has 1 aliphatic heterocycles. The first-order valence-electron chi connectivity index (χ1n) is 12.9. The second-order valence-electron chi connectivity index (χ2n) is 10.4. The average molecular weight is 662 g/mol. The van der Waals surface area contributed by atoms with Crippen molar-refractivity contribution in [3.63, 3.8) is 0 Å². The number of rotatable bonds is 8. The van der Waals surface area contributed by atoms with Crippen molar-refractivity contribution in [3.8, 4) is 11.1 Å². The maximum absolute atomic E-state index is 14.2. The Labute approximate surface area is 250 Å². The van der Waals surface area contributed by atoms with Crippen LogP contribution in [0.5, 0.6) is 0 Å². The summed E-state index contributed by atoms with van der Waals surface area (Å²) in [6.07, 6.45) is 1.46. The molecule has 40 heavy (non-hydrogen) atoms. The Hall–Kier alpha value is -3.51. The van der Waals surface area contributed by atoms with E-state index in [1.54, 1.807) is 6.07 Å². The number of aryl methyl sites for hydroxylation is 1. The summed E-state index contributed by atoms with van der Waals surface area (Å²) in [4.78, 5) is 36.1. The highest BCUT2D eigenvalue weighted by Crippen LogP contribution is 2.30. The van der Waals surface area contributed by atoms with Crippen molar-refractivity contribution in [1.82, 2.24) is 0 Å². The molecule has 8 nitrogen and oxygen atoms in total. The molecule has 0 aliphatic carbocycles. The molecule has 0 bridgehead atoms. The molecule has 0 spiro atoms. The van der Waals surface area contributed by atoms with Crippen LogP contribution in [0.3, 0.4) is 0 Å². The fraction of sp³-hybridized carbons (Fsp3) is 0.300. The van der Waals surface area contributed by atoms with Gasteiger partial charge >= 0.3 is 6.09 Å². The van der Waals surface area contributed by atoms with Crippen molar-refractivity contribution >= 4 is 53.3 Å². The number of likely N-dealkylation sites (tertiary alicyclic amines) is 1. The molecule has 1 saturated heterocycles. The predicted octanol–water partition coefficient (Wildman–Crippen LogP) is 4.83. The van der Waals surface area contributed by atoms with Gasteiger partial charge in [-0.1, -0.05) is 42.5 Å². The summed E-state index contributed by atoms with van der Waals surface area (Å²) >= 11 is 0. The van der Waals surface area contributed by atoms with Gasteiger partial charge in [-0.05, 0) is 41.8 Å². The molecule has 0 unspecified atom stereocenters. The molecular formula is C30H33FIN3O5. The molecule has 3 aromatic carbocycles. The van der Waals surface area contributed by atoms with E-state index < -0.39 is 23.8 Å². The van der Waals surface area contributed by atoms with Crippen LogP contribution in [0.4, 0.5) is 20.6 Å². The number of amides is 2. The number of piperidine rings is 1. The lowest BCUT2D eigenvalue weighted by Crippen LogP contribution is -2.48. The molecule has 0 atom stereocenters. The molecule has 2 N–H and O–H groups in total. The number of halogens is 2. The number of ether oxygens (including phenoxy) is 1. The van der Waals surface area contributed by atoms with Crippen molar-refractivity contribution in [2.75, 3.05) is 37.8 Å². The molecule has 1 aliphatic rings. The van der Waals surface area contributed by atoms with E-state index in [1.165, 1.54) is 12.1 Å². The first kappa shape index (κ1) is 31.0. The normalized spacial score (nSPS) is 14.5. The highest BCUT2D eigenvalue weighted by molar-refractivity contribution is 14.0. The molecule has 0 aromatic heterocycles. The number of carboxylic acids is 1. The van der Waals surface area contributed by atoms with E-state index in [1.807, 2.05) is 42.5 Å². The lowest BCUT2D eigenvalue weighted by Gasteiger charge is -2.36. The molecule has 212 valence electrons. The lowest BCUT2D eigenvalue weighted by atomic mass is 9.99. The Balaban J connectivity index is 0.00000441. The number of hydrogen-bond acceptors (Lipinski definition) is 5. The number of nitrogens with zero attached hydrogens (tertiary/aromatic N) is 1. The number of carboxylic acid groups (broad SMARTS) is 1. The Morgan fingerprint density at radius 3 is 2.27 bits per heavy atom. The molecule has 1 heterocycles. The van der Waals surface area contributed by atoms with Crippen LogP contribution in [0, 0.1) is 5.82 Å². The van der Waals surface area contributed by atoms with Gasteiger partial charge < -0.3 is 24.4 Å². The summed E-state index contributed by atoms with van der Waals surface area (Å²) in [5, 5.41) is 16.2. The van der Waals surface area contributed by atoms with Crippen LogP contribution in [0.25, 0.3) is 11.1 Å². The van der Waals surface area contributed by atoms with Crippen molar-refractivity contribution in [2.45, 2.75) is 31.8 Å². The van der Waals surface area contributed by atoms with Crippen molar-refractivity contribution in [2.24, 2.45) is 0 Å². The van der Waals surface area contributed by atoms with Gasteiger partial charge in [-0.3, -0.25) is 10.1 Å². The van der Waals surface area contributed by atoms with Gasteiger partial charge in [-0.25, -0.2) is 9.18 Å². The minimum absolute atomic E-state index is 0. The van der Waals surface area contributed by atoms with Gasteiger partial charge in [-0.15, -0.1) is 24.0 Å². The van der Waals surface area contributed by atoms with E-state index in [9.17, 15) is 23.9 Å². The van der Waals surface area contributed by atoms with Crippen molar-refractivity contribution in [3.05, 3.63) is 83.7 Å². The number of nitrogens with one attached hydrogen (secondary N) is 2. The van der Waals surface area contributed by atoms with Gasteiger partial charge in [0.25, 0.3) is 0 Å². The van der Waals surface area contributed by atoms with E-state index in [0.29, 0.717) is 12.1 Å². The van der Waals surface area contributed by atoms with Crippen molar-refractivity contribution < 1.29 is 33.1 Å². The SMILES string of the molecule is C[N+]1(C)CCC(OC(=O)Nc2ccc(CCC(=O)Nc3ccc(C(=O)[O-])cc3F)cc2-c2ccccc2)CC1.I. The van der Waals surface area contributed by atoms with Crippen LogP contribution in [0.15, 0.2) is 66.7 Å². The number of benzene rings is 3. The zero-order valence-corrected chi connectivity index (χ0v) is 24.8. The highest BCUT2D eigenvalue weighted by Gasteiger charge is 2.28. The molecule has 3 aromatic rings. The smallest absolute Gasteiger partial charge is 0.411 e. The second kappa shape index (κ2) is 13.7. The first-order chi connectivity index (χ1) is 18.6. The van der Waals surface area contributed by atoms with E-state index >= 15 is 0 Å². The average Bonchev–Trinajstić information content (AvgIpc) is 2.91. The monoisotopic (exact) mass is 661 g/mol. The van der Waals surface area contributed by atoms with Crippen molar-refractivity contribution in [1.29, 1.82) is 0 Å². The van der Waals surface area contributed by atoms with Gasteiger partial charge in [0.2, 0.25) is 5.91 Å². The molecule has 10 heteroatoms. The third-order valence-corrected chi connectivity index (χ3v) is 6.91. The molecule has 2 amide bonds. The minimum atomic E-state index is -1.50. The van der Waals surface area contributed by atoms with Crippen LogP contribution >= 0.6 is 24.0 Å². The predicted molar refractivity (Wildman–Crippen MR) is 160 cm³/mol. The topological polar surface area (TPSA) is 108 Å². The zero-order chi connectivity index (χ0) is 28.0. The zero-order valence-electron chi connectivity index (χ0n) is 22.4. The van der Waals surface area contributed by atoms with Gasteiger partial charge in [-0.2, -0.15) is 0 Å². The van der Waals surface area contributed by atoms with Gasteiger partial charge in [0.05, 0.1) is 44.5 Å². The third-order valence-electron chi connectivity index (χ3n) is 6.91. The fourth-order valence-corrected chi connectivity index (χ4v) is 4.58.